The van der Waals surface area contributed by atoms with E-state index in [-0.39, 0.29) is 18.3 Å². The van der Waals surface area contributed by atoms with E-state index in [1.807, 2.05) is 24.9 Å². The molecule has 0 saturated carbocycles. The first kappa shape index (κ1) is 20.6. The molecule has 0 aromatic carbocycles. The molecule has 9 heteroatoms. The summed E-state index contributed by atoms with van der Waals surface area (Å²) in [6, 6.07) is 2.92. The standard InChI is InChI=1S/C16H25N3O3S2.ClH/c1-12-5-6-15(23-12)24(21,22)19-8-3-4-14(19)16(20)18-9-7-13(11-18)10-17-2;/h5-6,13-14,17H,3-4,7-11H2,1-2H3;1H. The van der Waals surface area contributed by atoms with Crippen LogP contribution in [-0.4, -0.2) is 62.8 Å². The summed E-state index contributed by atoms with van der Waals surface area (Å²) in [7, 11) is -1.66. The molecule has 2 fully saturated rings. The number of aryl methyl sites for hydroxylation is 1. The molecule has 1 amide bonds. The monoisotopic (exact) mass is 407 g/mol. The summed E-state index contributed by atoms with van der Waals surface area (Å²) in [5.41, 5.74) is 0. The fourth-order valence-electron chi connectivity index (χ4n) is 3.64. The predicted molar refractivity (Wildman–Crippen MR) is 102 cm³/mol. The molecule has 6 nitrogen and oxygen atoms in total. The van der Waals surface area contributed by atoms with E-state index in [1.165, 1.54) is 15.6 Å². The first-order chi connectivity index (χ1) is 11.4. The maximum absolute atomic E-state index is 12.9. The molecule has 25 heavy (non-hydrogen) atoms. The van der Waals surface area contributed by atoms with Crippen molar-refractivity contribution in [2.24, 2.45) is 5.92 Å². The van der Waals surface area contributed by atoms with E-state index in [0.29, 0.717) is 23.1 Å². The van der Waals surface area contributed by atoms with Gasteiger partial charge in [-0.1, -0.05) is 0 Å². The minimum absolute atomic E-state index is 0. The van der Waals surface area contributed by atoms with Gasteiger partial charge in [-0.05, 0) is 57.8 Å². The number of amides is 1. The minimum Gasteiger partial charge on any atom is -0.341 e. The number of hydrogen-bond acceptors (Lipinski definition) is 5. The van der Waals surface area contributed by atoms with Crippen molar-refractivity contribution in [2.75, 3.05) is 33.2 Å². The van der Waals surface area contributed by atoms with Gasteiger partial charge in [0.15, 0.2) is 0 Å². The third-order valence-electron chi connectivity index (χ3n) is 4.86. The van der Waals surface area contributed by atoms with Gasteiger partial charge in [-0.2, -0.15) is 4.31 Å². The summed E-state index contributed by atoms with van der Waals surface area (Å²) < 4.78 is 27.6. The number of nitrogens with zero attached hydrogens (tertiary/aromatic N) is 2. The second-order valence-electron chi connectivity index (χ2n) is 6.64. The molecule has 2 saturated heterocycles. The summed E-state index contributed by atoms with van der Waals surface area (Å²) in [6.07, 6.45) is 2.35. The van der Waals surface area contributed by atoms with Gasteiger partial charge in [0, 0.05) is 24.5 Å². The Bertz CT molecular complexity index is 707. The van der Waals surface area contributed by atoms with Crippen molar-refractivity contribution >= 4 is 39.7 Å². The summed E-state index contributed by atoms with van der Waals surface area (Å²) >= 11 is 1.27. The van der Waals surface area contributed by atoms with Crippen molar-refractivity contribution in [1.82, 2.24) is 14.5 Å². The molecule has 1 N–H and O–H groups in total. The highest BCUT2D eigenvalue weighted by molar-refractivity contribution is 7.91. The highest BCUT2D eigenvalue weighted by Gasteiger charge is 2.42. The van der Waals surface area contributed by atoms with Crippen molar-refractivity contribution in [1.29, 1.82) is 0 Å². The van der Waals surface area contributed by atoms with Crippen LogP contribution in [0.2, 0.25) is 0 Å². The number of hydrogen-bond donors (Lipinski definition) is 1. The molecule has 3 heterocycles. The Balaban J connectivity index is 0.00000225. The second-order valence-corrected chi connectivity index (χ2v) is 10.0. The van der Waals surface area contributed by atoms with Gasteiger partial charge in [-0.15, -0.1) is 23.7 Å². The lowest BCUT2D eigenvalue weighted by molar-refractivity contribution is -0.133. The Morgan fingerprint density at radius 1 is 1.32 bits per heavy atom. The number of rotatable bonds is 5. The average Bonchev–Trinajstić information content (AvgIpc) is 3.26. The Kier molecular flexibility index (Phi) is 6.89. The number of sulfonamides is 1. The zero-order chi connectivity index (χ0) is 17.3. The highest BCUT2D eigenvalue weighted by atomic mass is 35.5. The van der Waals surface area contributed by atoms with Crippen molar-refractivity contribution < 1.29 is 13.2 Å². The summed E-state index contributed by atoms with van der Waals surface area (Å²) in [5.74, 6) is 0.438. The fraction of sp³-hybridized carbons (Fsp3) is 0.688. The lowest BCUT2D eigenvalue weighted by Gasteiger charge is -2.27. The third kappa shape index (κ3) is 4.19. The zero-order valence-corrected chi connectivity index (χ0v) is 17.1. The van der Waals surface area contributed by atoms with Gasteiger partial charge in [0.1, 0.15) is 10.3 Å². The van der Waals surface area contributed by atoms with Crippen LogP contribution in [0.5, 0.6) is 0 Å². The molecule has 0 aliphatic carbocycles. The largest absolute Gasteiger partial charge is 0.341 e. The molecule has 2 unspecified atom stereocenters. The number of likely N-dealkylation sites (tertiary alicyclic amines) is 1. The minimum atomic E-state index is -3.57. The van der Waals surface area contributed by atoms with Crippen LogP contribution in [0.15, 0.2) is 16.3 Å². The van der Waals surface area contributed by atoms with Crippen LogP contribution in [0.3, 0.4) is 0 Å². The van der Waals surface area contributed by atoms with Crippen molar-refractivity contribution in [2.45, 2.75) is 36.4 Å². The van der Waals surface area contributed by atoms with Gasteiger partial charge in [0.25, 0.3) is 10.0 Å². The van der Waals surface area contributed by atoms with Crippen molar-refractivity contribution in [3.63, 3.8) is 0 Å². The van der Waals surface area contributed by atoms with E-state index < -0.39 is 16.1 Å². The predicted octanol–water partition coefficient (Wildman–Crippen LogP) is 1.70. The summed E-state index contributed by atoms with van der Waals surface area (Å²) in [6.45, 7) is 4.67. The average molecular weight is 408 g/mol. The molecule has 2 aliphatic heterocycles. The molecular weight excluding hydrogens is 382 g/mol. The number of thiophene rings is 1. The fourth-order valence-corrected chi connectivity index (χ4v) is 6.70. The molecule has 142 valence electrons. The van der Waals surface area contributed by atoms with Gasteiger partial charge in [-0.25, -0.2) is 8.42 Å². The number of carbonyl (C=O) groups excluding carboxylic acids is 1. The maximum atomic E-state index is 12.9. The van der Waals surface area contributed by atoms with Crippen LogP contribution < -0.4 is 5.32 Å². The smallest absolute Gasteiger partial charge is 0.253 e. The van der Waals surface area contributed by atoms with Gasteiger partial charge in [0.2, 0.25) is 5.91 Å². The van der Waals surface area contributed by atoms with Gasteiger partial charge in [-0.3, -0.25) is 4.79 Å². The SMILES string of the molecule is CNCC1CCN(C(=O)C2CCCN2S(=O)(=O)c2ccc(C)s2)C1.Cl. The van der Waals surface area contributed by atoms with Gasteiger partial charge < -0.3 is 10.2 Å². The van der Waals surface area contributed by atoms with E-state index in [0.717, 1.165) is 37.4 Å². The normalized spacial score (nSPS) is 24.5. The lowest BCUT2D eigenvalue weighted by atomic mass is 10.1. The van der Waals surface area contributed by atoms with E-state index in [2.05, 4.69) is 5.32 Å². The molecule has 0 spiro atoms. The molecule has 1 aromatic rings. The molecular formula is C16H26ClN3O3S2. The maximum Gasteiger partial charge on any atom is 0.253 e. The molecule has 0 radical (unpaired) electrons. The number of halogens is 1. The quantitative estimate of drug-likeness (QED) is 0.806. The Labute approximate surface area is 160 Å². The molecule has 3 rings (SSSR count). The Morgan fingerprint density at radius 2 is 2.08 bits per heavy atom. The Morgan fingerprint density at radius 3 is 2.72 bits per heavy atom. The summed E-state index contributed by atoms with van der Waals surface area (Å²) in [5, 5.41) is 3.15. The summed E-state index contributed by atoms with van der Waals surface area (Å²) in [4.78, 5) is 15.7. The van der Waals surface area contributed by atoms with Crippen molar-refractivity contribution in [3.05, 3.63) is 17.0 Å². The number of carbonyl (C=O) groups is 1. The van der Waals surface area contributed by atoms with E-state index >= 15 is 0 Å². The molecule has 2 atom stereocenters. The van der Waals surface area contributed by atoms with Crippen LogP contribution in [-0.2, 0) is 14.8 Å². The zero-order valence-electron chi connectivity index (χ0n) is 14.6. The first-order valence-electron chi connectivity index (χ1n) is 8.45. The van der Waals surface area contributed by atoms with Crippen LogP contribution >= 0.6 is 23.7 Å². The molecule has 0 bridgehead atoms. The van der Waals surface area contributed by atoms with Gasteiger partial charge in [0.05, 0.1) is 0 Å². The highest BCUT2D eigenvalue weighted by Crippen LogP contribution is 2.31. The van der Waals surface area contributed by atoms with Crippen LogP contribution in [0.4, 0.5) is 0 Å². The van der Waals surface area contributed by atoms with Crippen LogP contribution in [0.25, 0.3) is 0 Å². The third-order valence-corrected chi connectivity index (χ3v) is 8.23. The van der Waals surface area contributed by atoms with Crippen LogP contribution in [0, 0.1) is 12.8 Å². The lowest BCUT2D eigenvalue weighted by Crippen LogP contribution is -2.47. The van der Waals surface area contributed by atoms with Crippen LogP contribution in [0.1, 0.15) is 24.1 Å². The van der Waals surface area contributed by atoms with Crippen molar-refractivity contribution in [3.8, 4) is 0 Å². The Hall–Kier alpha value is -0.670. The molecule has 2 aliphatic rings. The van der Waals surface area contributed by atoms with E-state index in [9.17, 15) is 13.2 Å². The first-order valence-corrected chi connectivity index (χ1v) is 10.7. The second kappa shape index (κ2) is 8.35. The topological polar surface area (TPSA) is 69.7 Å². The van der Waals surface area contributed by atoms with Gasteiger partial charge >= 0.3 is 0 Å². The van der Waals surface area contributed by atoms with E-state index in [1.54, 1.807) is 6.07 Å². The van der Waals surface area contributed by atoms with E-state index in [4.69, 9.17) is 0 Å². The molecule has 1 aromatic heterocycles. The number of nitrogens with one attached hydrogen (secondary N) is 1.